The number of nitrogens with zero attached hydrogens (tertiary/aromatic N) is 3. The van der Waals surface area contributed by atoms with Crippen LogP contribution in [0.3, 0.4) is 0 Å². The van der Waals surface area contributed by atoms with Crippen LogP contribution in [0.1, 0.15) is 19.3 Å². The second kappa shape index (κ2) is 7.84. The fraction of sp³-hybridized carbons (Fsp3) is 0.600. The van der Waals surface area contributed by atoms with Gasteiger partial charge in [0.1, 0.15) is 5.82 Å². The van der Waals surface area contributed by atoms with Crippen LogP contribution in [0, 0.1) is 11.7 Å². The van der Waals surface area contributed by atoms with Crippen LogP contribution in [0.15, 0.2) is 24.3 Å². The number of benzene rings is 1. The van der Waals surface area contributed by atoms with Gasteiger partial charge in [-0.25, -0.2) is 4.39 Å². The molecule has 0 N–H and O–H groups in total. The zero-order valence-corrected chi connectivity index (χ0v) is 15.5. The van der Waals surface area contributed by atoms with Crippen LogP contribution in [-0.2, 0) is 14.3 Å². The number of anilines is 1. The van der Waals surface area contributed by atoms with Crippen molar-refractivity contribution in [2.45, 2.75) is 25.4 Å². The van der Waals surface area contributed by atoms with Crippen molar-refractivity contribution in [3.63, 3.8) is 0 Å². The molecule has 3 saturated heterocycles. The number of piperazine rings is 1. The number of carbonyl (C=O) groups excluding carboxylic acids is 2. The minimum Gasteiger partial charge on any atom is -0.376 e. The summed E-state index contributed by atoms with van der Waals surface area (Å²) < 4.78 is 18.7. The minimum absolute atomic E-state index is 0.0637. The van der Waals surface area contributed by atoms with Crippen LogP contribution in [0.5, 0.6) is 0 Å². The van der Waals surface area contributed by atoms with E-state index in [-0.39, 0.29) is 29.7 Å². The molecule has 2 atom stereocenters. The molecular formula is C20H26FN3O3. The number of amides is 2. The van der Waals surface area contributed by atoms with E-state index < -0.39 is 0 Å². The highest BCUT2D eigenvalue weighted by Gasteiger charge is 2.38. The lowest BCUT2D eigenvalue weighted by Crippen LogP contribution is -2.50. The highest BCUT2D eigenvalue weighted by atomic mass is 19.1. The fourth-order valence-corrected chi connectivity index (χ4v) is 4.24. The molecule has 3 heterocycles. The molecule has 6 nitrogen and oxygen atoms in total. The number of hydrogen-bond acceptors (Lipinski definition) is 4. The molecule has 3 aliphatic rings. The van der Waals surface area contributed by atoms with Gasteiger partial charge in [-0.05, 0) is 37.1 Å². The Morgan fingerprint density at radius 2 is 1.89 bits per heavy atom. The molecule has 0 saturated carbocycles. The summed E-state index contributed by atoms with van der Waals surface area (Å²) in [4.78, 5) is 31.0. The van der Waals surface area contributed by atoms with Crippen molar-refractivity contribution in [3.8, 4) is 0 Å². The number of hydrogen-bond donors (Lipinski definition) is 0. The van der Waals surface area contributed by atoms with E-state index in [1.165, 1.54) is 12.1 Å². The Balaban J connectivity index is 1.29. The quantitative estimate of drug-likeness (QED) is 0.800. The second-order valence-electron chi connectivity index (χ2n) is 7.62. The lowest BCUT2D eigenvalue weighted by Gasteiger charge is -2.37. The number of halogens is 1. The number of likely N-dealkylation sites (tertiary alicyclic amines) is 1. The SMILES string of the molecule is O=C1CC(C(=O)N2CCN(c3ccc(F)cc3)CC2)CN1CC1CCCO1. The van der Waals surface area contributed by atoms with Gasteiger partial charge in [0.05, 0.1) is 12.0 Å². The first kappa shape index (κ1) is 18.2. The largest absolute Gasteiger partial charge is 0.376 e. The predicted octanol–water partition coefficient (Wildman–Crippen LogP) is 1.50. The third-order valence-corrected chi connectivity index (χ3v) is 5.79. The zero-order chi connectivity index (χ0) is 18.8. The summed E-state index contributed by atoms with van der Waals surface area (Å²) in [6.45, 7) is 4.60. The van der Waals surface area contributed by atoms with Gasteiger partial charge in [0.2, 0.25) is 11.8 Å². The molecule has 2 amide bonds. The normalized spacial score (nSPS) is 26.1. The van der Waals surface area contributed by atoms with Gasteiger partial charge in [-0.2, -0.15) is 0 Å². The smallest absolute Gasteiger partial charge is 0.228 e. The average Bonchev–Trinajstić information content (AvgIpc) is 3.32. The Morgan fingerprint density at radius 1 is 1.15 bits per heavy atom. The van der Waals surface area contributed by atoms with E-state index in [1.807, 2.05) is 4.90 Å². The van der Waals surface area contributed by atoms with E-state index >= 15 is 0 Å². The molecule has 0 spiro atoms. The maximum absolute atomic E-state index is 13.1. The van der Waals surface area contributed by atoms with Crippen molar-refractivity contribution < 1.29 is 18.7 Å². The van der Waals surface area contributed by atoms with Gasteiger partial charge in [-0.3, -0.25) is 9.59 Å². The standard InChI is InChI=1S/C20H26FN3O3/c21-16-3-5-17(6-4-16)22-7-9-23(10-8-22)20(26)15-12-19(25)24(13-15)14-18-2-1-11-27-18/h3-6,15,18H,1-2,7-14H2. The average molecular weight is 375 g/mol. The van der Waals surface area contributed by atoms with Crippen molar-refractivity contribution >= 4 is 17.5 Å². The maximum Gasteiger partial charge on any atom is 0.228 e. The molecule has 0 bridgehead atoms. The van der Waals surface area contributed by atoms with E-state index in [9.17, 15) is 14.0 Å². The number of carbonyl (C=O) groups is 2. The zero-order valence-electron chi connectivity index (χ0n) is 15.5. The number of rotatable bonds is 4. The first-order valence-electron chi connectivity index (χ1n) is 9.79. The topological polar surface area (TPSA) is 53.1 Å². The van der Waals surface area contributed by atoms with Gasteiger partial charge in [0.25, 0.3) is 0 Å². The molecule has 3 fully saturated rings. The van der Waals surface area contributed by atoms with Crippen LogP contribution in [0.2, 0.25) is 0 Å². The summed E-state index contributed by atoms with van der Waals surface area (Å²) in [6, 6.07) is 6.45. The first-order valence-corrected chi connectivity index (χ1v) is 9.79. The molecule has 0 radical (unpaired) electrons. The maximum atomic E-state index is 13.1. The van der Waals surface area contributed by atoms with Crippen LogP contribution in [-0.4, -0.2) is 73.6 Å². The second-order valence-corrected chi connectivity index (χ2v) is 7.62. The van der Waals surface area contributed by atoms with Crippen molar-refractivity contribution in [1.82, 2.24) is 9.80 Å². The van der Waals surface area contributed by atoms with E-state index in [0.717, 1.165) is 38.2 Å². The van der Waals surface area contributed by atoms with Crippen LogP contribution in [0.4, 0.5) is 10.1 Å². The van der Waals surface area contributed by atoms with Gasteiger partial charge in [0.15, 0.2) is 0 Å². The highest BCUT2D eigenvalue weighted by molar-refractivity contribution is 5.89. The van der Waals surface area contributed by atoms with Gasteiger partial charge in [-0.1, -0.05) is 0 Å². The Kier molecular flexibility index (Phi) is 5.29. The third kappa shape index (κ3) is 4.08. The molecule has 2 unspecified atom stereocenters. The molecular weight excluding hydrogens is 349 g/mol. The first-order chi connectivity index (χ1) is 13.1. The van der Waals surface area contributed by atoms with Crippen LogP contribution < -0.4 is 4.90 Å². The van der Waals surface area contributed by atoms with Gasteiger partial charge < -0.3 is 19.4 Å². The molecule has 7 heteroatoms. The molecule has 0 aromatic heterocycles. The Labute approximate surface area is 158 Å². The Morgan fingerprint density at radius 3 is 2.56 bits per heavy atom. The highest BCUT2D eigenvalue weighted by Crippen LogP contribution is 2.24. The Bertz CT molecular complexity index is 682. The van der Waals surface area contributed by atoms with E-state index in [0.29, 0.717) is 32.6 Å². The van der Waals surface area contributed by atoms with E-state index in [2.05, 4.69) is 4.90 Å². The monoisotopic (exact) mass is 375 g/mol. The van der Waals surface area contributed by atoms with E-state index in [4.69, 9.17) is 4.74 Å². The molecule has 146 valence electrons. The Hall–Kier alpha value is -2.15. The van der Waals surface area contributed by atoms with Crippen molar-refractivity contribution in [1.29, 1.82) is 0 Å². The lowest BCUT2D eigenvalue weighted by atomic mass is 10.1. The van der Waals surface area contributed by atoms with Gasteiger partial charge in [-0.15, -0.1) is 0 Å². The summed E-state index contributed by atoms with van der Waals surface area (Å²) in [7, 11) is 0. The van der Waals surface area contributed by atoms with E-state index in [1.54, 1.807) is 17.0 Å². The summed E-state index contributed by atoms with van der Waals surface area (Å²) in [5.41, 5.74) is 0.974. The minimum atomic E-state index is -0.244. The summed E-state index contributed by atoms with van der Waals surface area (Å²) >= 11 is 0. The lowest BCUT2D eigenvalue weighted by molar-refractivity contribution is -0.136. The molecule has 1 aromatic carbocycles. The van der Waals surface area contributed by atoms with Gasteiger partial charge >= 0.3 is 0 Å². The molecule has 1 aromatic rings. The summed E-state index contributed by atoms with van der Waals surface area (Å²) in [6.07, 6.45) is 2.48. The molecule has 4 rings (SSSR count). The van der Waals surface area contributed by atoms with Crippen molar-refractivity contribution in [2.75, 3.05) is 50.8 Å². The van der Waals surface area contributed by atoms with Crippen molar-refractivity contribution in [3.05, 3.63) is 30.1 Å². The third-order valence-electron chi connectivity index (χ3n) is 5.79. The summed E-state index contributed by atoms with van der Waals surface area (Å²) in [5.74, 6) is -0.340. The van der Waals surface area contributed by atoms with Crippen LogP contribution >= 0.6 is 0 Å². The summed E-state index contributed by atoms with van der Waals surface area (Å²) in [5, 5.41) is 0. The molecule has 27 heavy (non-hydrogen) atoms. The van der Waals surface area contributed by atoms with Gasteiger partial charge in [0, 0.05) is 58.0 Å². The fourth-order valence-electron chi connectivity index (χ4n) is 4.24. The van der Waals surface area contributed by atoms with Crippen molar-refractivity contribution in [2.24, 2.45) is 5.92 Å². The molecule has 3 aliphatic heterocycles. The molecule has 0 aliphatic carbocycles. The predicted molar refractivity (Wildman–Crippen MR) is 98.9 cm³/mol. The number of ether oxygens (including phenoxy) is 1. The van der Waals surface area contributed by atoms with Crippen LogP contribution in [0.25, 0.3) is 0 Å².